The van der Waals surface area contributed by atoms with Crippen molar-refractivity contribution in [2.75, 3.05) is 6.61 Å². The van der Waals surface area contributed by atoms with Gasteiger partial charge in [-0.05, 0) is 17.7 Å². The van der Waals surface area contributed by atoms with Gasteiger partial charge in [-0.15, -0.1) is 0 Å². The van der Waals surface area contributed by atoms with Crippen LogP contribution in [0.3, 0.4) is 0 Å². The molecule has 164 valence electrons. The van der Waals surface area contributed by atoms with Gasteiger partial charge < -0.3 is 44.5 Å². The zero-order valence-corrected chi connectivity index (χ0v) is 16.0. The first-order chi connectivity index (χ1) is 14.8. The van der Waals surface area contributed by atoms with Crippen LogP contribution in [0.25, 0.3) is 22.1 Å². The molecule has 2 heterocycles. The summed E-state index contributed by atoms with van der Waals surface area (Å²) in [5, 5.41) is 58.4. The van der Waals surface area contributed by atoms with Crippen LogP contribution in [0.1, 0.15) is 0 Å². The number of hydrogen-bond acceptors (Lipinski definition) is 10. The Labute approximate surface area is 174 Å². The van der Waals surface area contributed by atoms with Gasteiger partial charge in [0.1, 0.15) is 58.9 Å². The maximum Gasteiger partial charge on any atom is 0.229 e. The topological polar surface area (TPSA) is 170 Å². The van der Waals surface area contributed by atoms with Crippen molar-refractivity contribution >= 4 is 11.0 Å². The van der Waals surface area contributed by atoms with E-state index >= 15 is 0 Å². The molecule has 1 unspecified atom stereocenters. The molecule has 0 spiro atoms. The van der Waals surface area contributed by atoms with Crippen molar-refractivity contribution in [3.63, 3.8) is 0 Å². The predicted molar refractivity (Wildman–Crippen MR) is 106 cm³/mol. The SMILES string of the molecule is O=c1c(-c2ccc(OC3O[C@H](CO)[C@@H](O)[C@H](O)[C@H]3O)cc2)coc2cc(O)cc(O)c12. The van der Waals surface area contributed by atoms with E-state index in [0.717, 1.165) is 6.07 Å². The molecule has 0 saturated carbocycles. The van der Waals surface area contributed by atoms with Gasteiger partial charge in [-0.2, -0.15) is 0 Å². The number of aromatic hydroxyl groups is 2. The lowest BCUT2D eigenvalue weighted by Gasteiger charge is -2.39. The number of hydrogen-bond donors (Lipinski definition) is 6. The van der Waals surface area contributed by atoms with Gasteiger partial charge in [0.2, 0.25) is 11.7 Å². The molecule has 0 amide bonds. The second kappa shape index (κ2) is 8.17. The van der Waals surface area contributed by atoms with Crippen molar-refractivity contribution in [3.05, 3.63) is 52.9 Å². The minimum atomic E-state index is -1.57. The van der Waals surface area contributed by atoms with Gasteiger partial charge in [0, 0.05) is 12.1 Å². The monoisotopic (exact) mass is 432 g/mol. The summed E-state index contributed by atoms with van der Waals surface area (Å²) >= 11 is 0. The number of aliphatic hydroxyl groups is 4. The number of benzene rings is 2. The molecule has 10 nitrogen and oxygen atoms in total. The molecule has 3 aromatic rings. The molecule has 1 saturated heterocycles. The van der Waals surface area contributed by atoms with Gasteiger partial charge in [0.05, 0.1) is 12.2 Å². The summed E-state index contributed by atoms with van der Waals surface area (Å²) in [6, 6.07) is 8.30. The van der Waals surface area contributed by atoms with E-state index < -0.39 is 48.5 Å². The number of ether oxygens (including phenoxy) is 2. The van der Waals surface area contributed by atoms with Crippen LogP contribution in [0, 0.1) is 0 Å². The Morgan fingerprint density at radius 3 is 2.35 bits per heavy atom. The number of phenolic OH excluding ortho intramolecular Hbond substituents is 2. The molecular weight excluding hydrogens is 412 g/mol. The summed E-state index contributed by atoms with van der Waals surface area (Å²) in [6.07, 6.45) is -5.84. The summed E-state index contributed by atoms with van der Waals surface area (Å²) in [5.41, 5.74) is 0.146. The number of aliphatic hydroxyl groups excluding tert-OH is 4. The Bertz CT molecular complexity index is 1140. The van der Waals surface area contributed by atoms with Gasteiger partial charge in [-0.1, -0.05) is 12.1 Å². The lowest BCUT2D eigenvalue weighted by molar-refractivity contribution is -0.277. The quantitative estimate of drug-likeness (QED) is 0.331. The van der Waals surface area contributed by atoms with E-state index in [1.165, 1.54) is 36.6 Å². The smallest absolute Gasteiger partial charge is 0.229 e. The highest BCUT2D eigenvalue weighted by Crippen LogP contribution is 2.30. The maximum absolute atomic E-state index is 12.8. The molecule has 4 rings (SSSR count). The molecule has 1 aliphatic heterocycles. The molecular formula is C21H20O10. The summed E-state index contributed by atoms with van der Waals surface area (Å²) in [4.78, 5) is 12.8. The summed E-state index contributed by atoms with van der Waals surface area (Å²) in [6.45, 7) is -0.577. The average molecular weight is 432 g/mol. The minimum Gasteiger partial charge on any atom is -0.508 e. The fraction of sp³-hybridized carbons (Fsp3) is 0.286. The van der Waals surface area contributed by atoms with Crippen molar-refractivity contribution < 1.29 is 44.5 Å². The Morgan fingerprint density at radius 2 is 1.68 bits per heavy atom. The molecule has 0 radical (unpaired) electrons. The van der Waals surface area contributed by atoms with Crippen LogP contribution < -0.4 is 10.2 Å². The van der Waals surface area contributed by atoms with Crippen molar-refractivity contribution in [1.29, 1.82) is 0 Å². The standard InChI is InChI=1S/C21H20O10/c22-7-15-18(26)19(27)20(28)21(31-15)30-11-3-1-9(2-4-11)12-8-29-14-6-10(23)5-13(24)16(14)17(12)25/h1-6,8,15,18-24,26-28H,7H2/t15-,18-,19+,20-,21?/m1/s1. The van der Waals surface area contributed by atoms with Crippen molar-refractivity contribution in [1.82, 2.24) is 0 Å². The molecule has 1 aromatic heterocycles. The van der Waals surface area contributed by atoms with Crippen molar-refractivity contribution in [2.45, 2.75) is 30.7 Å². The van der Waals surface area contributed by atoms with Crippen LogP contribution in [0.5, 0.6) is 17.2 Å². The van der Waals surface area contributed by atoms with E-state index in [9.17, 15) is 35.4 Å². The molecule has 1 aliphatic rings. The zero-order valence-electron chi connectivity index (χ0n) is 16.0. The van der Waals surface area contributed by atoms with Crippen LogP contribution in [0.15, 0.2) is 51.9 Å². The van der Waals surface area contributed by atoms with Crippen LogP contribution in [-0.4, -0.2) is 68.0 Å². The van der Waals surface area contributed by atoms with Crippen LogP contribution >= 0.6 is 0 Å². The van der Waals surface area contributed by atoms with E-state index in [2.05, 4.69) is 0 Å². The van der Waals surface area contributed by atoms with Crippen molar-refractivity contribution in [2.24, 2.45) is 0 Å². The van der Waals surface area contributed by atoms with E-state index in [4.69, 9.17) is 13.9 Å². The zero-order chi connectivity index (χ0) is 22.3. The fourth-order valence-electron chi connectivity index (χ4n) is 3.43. The van der Waals surface area contributed by atoms with Crippen LogP contribution in [0.2, 0.25) is 0 Å². The second-order valence-electron chi connectivity index (χ2n) is 7.16. The maximum atomic E-state index is 12.8. The van der Waals surface area contributed by atoms with E-state index in [1.807, 2.05) is 0 Å². The summed E-state index contributed by atoms with van der Waals surface area (Å²) < 4.78 is 16.2. The third-order valence-electron chi connectivity index (χ3n) is 5.11. The van der Waals surface area contributed by atoms with E-state index in [-0.39, 0.29) is 28.0 Å². The van der Waals surface area contributed by atoms with Gasteiger partial charge in [0.25, 0.3) is 0 Å². The van der Waals surface area contributed by atoms with Crippen LogP contribution in [0.4, 0.5) is 0 Å². The third-order valence-corrected chi connectivity index (χ3v) is 5.11. The fourth-order valence-corrected chi connectivity index (χ4v) is 3.43. The molecule has 6 N–H and O–H groups in total. The van der Waals surface area contributed by atoms with Crippen LogP contribution in [-0.2, 0) is 4.74 Å². The molecule has 0 bridgehead atoms. The first-order valence-corrected chi connectivity index (χ1v) is 9.35. The molecule has 0 aliphatic carbocycles. The first kappa shape index (κ1) is 21.1. The number of fused-ring (bicyclic) bond motifs is 1. The average Bonchev–Trinajstić information content (AvgIpc) is 2.74. The molecule has 1 fully saturated rings. The third kappa shape index (κ3) is 3.82. The largest absolute Gasteiger partial charge is 0.508 e. The van der Waals surface area contributed by atoms with E-state index in [1.54, 1.807) is 0 Å². The Kier molecular flexibility index (Phi) is 5.56. The first-order valence-electron chi connectivity index (χ1n) is 9.35. The van der Waals surface area contributed by atoms with Gasteiger partial charge >= 0.3 is 0 Å². The Balaban J connectivity index is 1.59. The molecule has 5 atom stereocenters. The van der Waals surface area contributed by atoms with Gasteiger partial charge in [-0.25, -0.2) is 0 Å². The molecule has 10 heteroatoms. The van der Waals surface area contributed by atoms with E-state index in [0.29, 0.717) is 5.56 Å². The molecule has 31 heavy (non-hydrogen) atoms. The Hall–Kier alpha value is -3.15. The highest BCUT2D eigenvalue weighted by Gasteiger charge is 2.44. The normalized spacial score (nSPS) is 26.1. The predicted octanol–water partition coefficient (Wildman–Crippen LogP) is 0.0499. The summed E-state index contributed by atoms with van der Waals surface area (Å²) in [5.74, 6) is -0.421. The minimum absolute atomic E-state index is 0.0359. The highest BCUT2D eigenvalue weighted by atomic mass is 16.7. The van der Waals surface area contributed by atoms with Gasteiger partial charge in [0.15, 0.2) is 0 Å². The number of phenols is 2. The Morgan fingerprint density at radius 1 is 0.968 bits per heavy atom. The molecule has 2 aromatic carbocycles. The lowest BCUT2D eigenvalue weighted by atomic mass is 9.99. The van der Waals surface area contributed by atoms with Crippen molar-refractivity contribution in [3.8, 4) is 28.4 Å². The van der Waals surface area contributed by atoms with Gasteiger partial charge in [-0.3, -0.25) is 4.79 Å². The number of rotatable bonds is 4. The summed E-state index contributed by atoms with van der Waals surface area (Å²) in [7, 11) is 0. The highest BCUT2D eigenvalue weighted by molar-refractivity contribution is 5.88. The second-order valence-corrected chi connectivity index (χ2v) is 7.16. The lowest BCUT2D eigenvalue weighted by Crippen LogP contribution is -2.60.